The summed E-state index contributed by atoms with van der Waals surface area (Å²) in [7, 11) is 0. The molecule has 0 aliphatic carbocycles. The first-order valence-electron chi connectivity index (χ1n) is 7.98. The third kappa shape index (κ3) is 3.41. The summed E-state index contributed by atoms with van der Waals surface area (Å²) >= 11 is 0. The Kier molecular flexibility index (Phi) is 5.22. The molecule has 2 rings (SSSR count). The van der Waals surface area contributed by atoms with Crippen LogP contribution in [0.2, 0.25) is 0 Å². The molecule has 132 valence electrons. The summed E-state index contributed by atoms with van der Waals surface area (Å²) in [6.07, 6.45) is -1.87. The van der Waals surface area contributed by atoms with Gasteiger partial charge in [-0.3, -0.25) is 0 Å². The van der Waals surface area contributed by atoms with Gasteiger partial charge in [-0.25, -0.2) is 0 Å². The molecular formula is C17H25N3O4. The Labute approximate surface area is 141 Å². The summed E-state index contributed by atoms with van der Waals surface area (Å²) in [5.41, 5.74) is 6.80. The molecule has 4 atom stereocenters. The van der Waals surface area contributed by atoms with E-state index in [9.17, 15) is 15.3 Å². The van der Waals surface area contributed by atoms with Crippen molar-refractivity contribution in [2.24, 2.45) is 10.5 Å². The lowest BCUT2D eigenvalue weighted by Gasteiger charge is -2.56. The van der Waals surface area contributed by atoms with Gasteiger partial charge in [0.05, 0.1) is 18.8 Å². The van der Waals surface area contributed by atoms with Crippen LogP contribution in [-0.2, 0) is 11.2 Å². The monoisotopic (exact) mass is 335 g/mol. The van der Waals surface area contributed by atoms with Crippen LogP contribution in [0.4, 0.5) is 0 Å². The molecule has 24 heavy (non-hydrogen) atoms. The van der Waals surface area contributed by atoms with Gasteiger partial charge in [0.2, 0.25) is 5.79 Å². The van der Waals surface area contributed by atoms with Crippen molar-refractivity contribution < 1.29 is 20.1 Å². The lowest BCUT2D eigenvalue weighted by atomic mass is 9.68. The molecule has 0 radical (unpaired) electrons. The van der Waals surface area contributed by atoms with E-state index < -0.39 is 29.0 Å². The molecule has 1 aliphatic rings. The lowest BCUT2D eigenvalue weighted by molar-refractivity contribution is -0.392. The summed E-state index contributed by atoms with van der Waals surface area (Å²) in [4.78, 5) is 2.67. The number of azide groups is 1. The number of benzene rings is 1. The summed E-state index contributed by atoms with van der Waals surface area (Å²) in [6, 6.07) is 9.25. The molecule has 7 nitrogen and oxygen atoms in total. The van der Waals surface area contributed by atoms with E-state index in [2.05, 4.69) is 10.0 Å². The Morgan fingerprint density at radius 2 is 1.92 bits per heavy atom. The topological polar surface area (TPSA) is 119 Å². The molecule has 0 unspecified atom stereocenters. The Morgan fingerprint density at radius 3 is 2.46 bits per heavy atom. The largest absolute Gasteiger partial charge is 0.390 e. The smallest absolute Gasteiger partial charge is 0.200 e. The van der Waals surface area contributed by atoms with Crippen LogP contribution in [0, 0.1) is 5.41 Å². The van der Waals surface area contributed by atoms with Crippen LogP contribution in [0.25, 0.3) is 10.4 Å². The second-order valence-electron chi connectivity index (χ2n) is 7.43. The van der Waals surface area contributed by atoms with Gasteiger partial charge in [0.1, 0.15) is 5.60 Å². The van der Waals surface area contributed by atoms with Crippen molar-refractivity contribution in [3.63, 3.8) is 0 Å². The lowest BCUT2D eigenvalue weighted by Crippen LogP contribution is -2.71. The summed E-state index contributed by atoms with van der Waals surface area (Å²) in [6.45, 7) is 5.15. The summed E-state index contributed by atoms with van der Waals surface area (Å²) in [5.74, 6) is -1.91. The first-order chi connectivity index (χ1) is 11.1. The van der Waals surface area contributed by atoms with Crippen molar-refractivity contribution in [2.45, 2.75) is 57.2 Å². The van der Waals surface area contributed by atoms with E-state index in [0.717, 1.165) is 5.56 Å². The minimum Gasteiger partial charge on any atom is -0.390 e. The number of nitrogens with zero attached hydrogens (tertiary/aromatic N) is 3. The van der Waals surface area contributed by atoms with E-state index >= 15 is 0 Å². The van der Waals surface area contributed by atoms with Crippen molar-refractivity contribution in [1.82, 2.24) is 0 Å². The molecule has 0 saturated carbocycles. The summed E-state index contributed by atoms with van der Waals surface area (Å²) < 4.78 is 5.73. The maximum Gasteiger partial charge on any atom is 0.200 e. The Hall–Kier alpha value is -1.63. The molecule has 1 heterocycles. The van der Waals surface area contributed by atoms with Gasteiger partial charge in [-0.05, 0) is 11.1 Å². The SMILES string of the molecule is CC(C)(C)[C@]1(O)O[C@H](CN=[N+]=[N-])[C@@H](O)C[C@]1(O)Cc1ccccc1. The van der Waals surface area contributed by atoms with Gasteiger partial charge >= 0.3 is 0 Å². The first kappa shape index (κ1) is 18.7. The zero-order chi connectivity index (χ0) is 18.0. The van der Waals surface area contributed by atoms with Crippen molar-refractivity contribution in [2.75, 3.05) is 6.54 Å². The predicted molar refractivity (Wildman–Crippen MR) is 89.0 cm³/mol. The van der Waals surface area contributed by atoms with Crippen molar-refractivity contribution in [1.29, 1.82) is 0 Å². The van der Waals surface area contributed by atoms with Gasteiger partial charge in [-0.2, -0.15) is 0 Å². The summed E-state index contributed by atoms with van der Waals surface area (Å²) in [5, 5.41) is 36.3. The highest BCUT2D eigenvalue weighted by atomic mass is 16.7. The van der Waals surface area contributed by atoms with Gasteiger partial charge in [0.15, 0.2) is 0 Å². The molecule has 0 spiro atoms. The van der Waals surface area contributed by atoms with Crippen LogP contribution in [0.5, 0.6) is 0 Å². The van der Waals surface area contributed by atoms with E-state index in [1.165, 1.54) is 0 Å². The number of hydrogen-bond donors (Lipinski definition) is 3. The number of ether oxygens (including phenoxy) is 1. The van der Waals surface area contributed by atoms with Gasteiger partial charge in [0, 0.05) is 23.2 Å². The molecule has 3 N–H and O–H groups in total. The normalized spacial score (nSPS) is 33.8. The fourth-order valence-corrected chi connectivity index (χ4v) is 3.30. The molecule has 0 bridgehead atoms. The number of rotatable bonds is 4. The van der Waals surface area contributed by atoms with E-state index in [4.69, 9.17) is 10.3 Å². The highest BCUT2D eigenvalue weighted by Crippen LogP contribution is 2.48. The Bertz CT molecular complexity index is 612. The number of aliphatic hydroxyl groups excluding tert-OH is 1. The van der Waals surface area contributed by atoms with E-state index in [0.29, 0.717) is 0 Å². The molecule has 1 saturated heterocycles. The van der Waals surface area contributed by atoms with Crippen molar-refractivity contribution >= 4 is 0 Å². The van der Waals surface area contributed by atoms with Gasteiger partial charge in [0.25, 0.3) is 0 Å². The molecule has 1 aromatic carbocycles. The molecule has 7 heteroatoms. The zero-order valence-corrected chi connectivity index (χ0v) is 14.3. The standard InChI is InChI=1S/C17H25N3O4/c1-15(2,3)17(23)16(22,9-12-7-5-4-6-8-12)10-13(21)14(24-17)11-19-20-18/h4-8,13-14,21-23H,9-11H2,1-3H3/t13-,14+,16+,17-/m0/s1. The zero-order valence-electron chi connectivity index (χ0n) is 14.3. The molecular weight excluding hydrogens is 310 g/mol. The fourth-order valence-electron chi connectivity index (χ4n) is 3.30. The van der Waals surface area contributed by atoms with E-state index in [-0.39, 0.29) is 19.4 Å². The van der Waals surface area contributed by atoms with Crippen LogP contribution >= 0.6 is 0 Å². The van der Waals surface area contributed by atoms with Crippen molar-refractivity contribution in [3.05, 3.63) is 46.3 Å². The van der Waals surface area contributed by atoms with Gasteiger partial charge in [-0.15, -0.1) is 0 Å². The maximum absolute atomic E-state index is 11.3. The van der Waals surface area contributed by atoms with E-state index in [1.54, 1.807) is 20.8 Å². The van der Waals surface area contributed by atoms with Crippen LogP contribution in [-0.4, -0.2) is 45.5 Å². The Balaban J connectivity index is 2.39. The minimum atomic E-state index is -1.91. The van der Waals surface area contributed by atoms with Gasteiger partial charge in [-0.1, -0.05) is 56.2 Å². The second kappa shape index (κ2) is 6.70. The van der Waals surface area contributed by atoms with Gasteiger partial charge < -0.3 is 20.1 Å². The highest BCUT2D eigenvalue weighted by Gasteiger charge is 2.62. The Morgan fingerprint density at radius 1 is 1.29 bits per heavy atom. The fraction of sp³-hybridized carbons (Fsp3) is 0.647. The minimum absolute atomic E-state index is 0.0821. The van der Waals surface area contributed by atoms with Crippen LogP contribution in [0.1, 0.15) is 32.8 Å². The van der Waals surface area contributed by atoms with Crippen LogP contribution < -0.4 is 0 Å². The number of aliphatic hydroxyl groups is 3. The maximum atomic E-state index is 11.3. The third-order valence-electron chi connectivity index (χ3n) is 4.61. The van der Waals surface area contributed by atoms with E-state index in [1.807, 2.05) is 30.3 Å². The molecule has 0 amide bonds. The molecule has 1 aliphatic heterocycles. The molecule has 1 aromatic rings. The quantitative estimate of drug-likeness (QED) is 0.444. The highest BCUT2D eigenvalue weighted by molar-refractivity contribution is 5.20. The molecule has 1 fully saturated rings. The van der Waals surface area contributed by atoms with Crippen molar-refractivity contribution in [3.8, 4) is 0 Å². The van der Waals surface area contributed by atoms with Crippen LogP contribution in [0.15, 0.2) is 35.4 Å². The second-order valence-corrected chi connectivity index (χ2v) is 7.43. The third-order valence-corrected chi connectivity index (χ3v) is 4.61. The average molecular weight is 335 g/mol. The number of hydrogen-bond acceptors (Lipinski definition) is 5. The average Bonchev–Trinajstić information content (AvgIpc) is 2.49. The first-order valence-corrected chi connectivity index (χ1v) is 7.98. The predicted octanol–water partition coefficient (Wildman–Crippen LogP) is 2.16. The van der Waals surface area contributed by atoms with Crippen LogP contribution in [0.3, 0.4) is 0 Å². The molecule has 0 aromatic heterocycles.